The van der Waals surface area contributed by atoms with E-state index in [-0.39, 0.29) is 5.82 Å². The highest BCUT2D eigenvalue weighted by Crippen LogP contribution is 2.51. The van der Waals surface area contributed by atoms with Crippen molar-refractivity contribution in [3.8, 4) is 11.3 Å². The Hall–Kier alpha value is -2.16. The molecule has 2 heterocycles. The van der Waals surface area contributed by atoms with Crippen molar-refractivity contribution >= 4 is 11.0 Å². The van der Waals surface area contributed by atoms with Gasteiger partial charge in [-0.3, -0.25) is 0 Å². The lowest BCUT2D eigenvalue weighted by Crippen LogP contribution is -2.13. The zero-order chi connectivity index (χ0) is 21.7. The fourth-order valence-electron chi connectivity index (χ4n) is 6.57. The third-order valence-corrected chi connectivity index (χ3v) is 8.23. The first kappa shape index (κ1) is 20.7. The Bertz CT molecular complexity index is 1100. The first-order valence-corrected chi connectivity index (χ1v) is 12.3. The van der Waals surface area contributed by atoms with Gasteiger partial charge in [0.25, 0.3) is 0 Å². The number of hydrogen-bond acceptors (Lipinski definition) is 1. The van der Waals surface area contributed by atoms with Gasteiger partial charge >= 0.3 is 0 Å². The van der Waals surface area contributed by atoms with Crippen LogP contribution in [0.2, 0.25) is 0 Å². The Morgan fingerprint density at radius 1 is 1.06 bits per heavy atom. The molecule has 2 nitrogen and oxygen atoms in total. The molecule has 1 aromatic carbocycles. The van der Waals surface area contributed by atoms with Crippen molar-refractivity contribution in [1.82, 2.24) is 9.97 Å². The van der Waals surface area contributed by atoms with Crippen LogP contribution < -0.4 is 0 Å². The van der Waals surface area contributed by atoms with Crippen LogP contribution in [0.4, 0.5) is 4.39 Å². The van der Waals surface area contributed by atoms with E-state index in [1.54, 1.807) is 6.07 Å². The molecular formula is C28H35FN2. The molecule has 31 heavy (non-hydrogen) atoms. The van der Waals surface area contributed by atoms with Crippen molar-refractivity contribution in [3.05, 3.63) is 53.0 Å². The first-order valence-electron chi connectivity index (χ1n) is 12.3. The van der Waals surface area contributed by atoms with E-state index in [2.05, 4.69) is 50.9 Å². The molecule has 2 saturated carbocycles. The summed E-state index contributed by atoms with van der Waals surface area (Å²) in [5, 5.41) is 0. The summed E-state index contributed by atoms with van der Waals surface area (Å²) < 4.78 is 15.1. The molecule has 0 bridgehead atoms. The van der Waals surface area contributed by atoms with Gasteiger partial charge in [-0.1, -0.05) is 46.2 Å². The standard InChI is InChI=1S/C28H35FN2/c1-5-18-12-20(8-10-22(18)16(2)3)28-25(29)15-27-26(31-28)14-21(30-27)13-19-7-11-23-17(4)6-9-24(19)23/h8,10,12,14-17,19,23-24,30H,5-7,9,11,13H2,1-4H3. The summed E-state index contributed by atoms with van der Waals surface area (Å²) in [5.41, 5.74) is 6.88. The predicted octanol–water partition coefficient (Wildman–Crippen LogP) is 7.67. The minimum atomic E-state index is -0.245. The molecule has 5 rings (SSSR count). The molecule has 2 fully saturated rings. The molecule has 2 aliphatic rings. The number of aromatic nitrogens is 2. The number of hydrogen-bond donors (Lipinski definition) is 1. The van der Waals surface area contributed by atoms with E-state index in [4.69, 9.17) is 4.98 Å². The average molecular weight is 419 g/mol. The van der Waals surface area contributed by atoms with Crippen LogP contribution in [-0.2, 0) is 12.8 Å². The second kappa shape index (κ2) is 8.07. The molecule has 2 aliphatic carbocycles. The second-order valence-corrected chi connectivity index (χ2v) is 10.4. The van der Waals surface area contributed by atoms with Gasteiger partial charge in [-0.15, -0.1) is 0 Å². The lowest BCUT2D eigenvalue weighted by atomic mass is 9.87. The van der Waals surface area contributed by atoms with Gasteiger partial charge in [-0.25, -0.2) is 9.37 Å². The molecule has 0 aliphatic heterocycles. The lowest BCUT2D eigenvalue weighted by Gasteiger charge is -2.18. The number of aryl methyl sites for hydroxylation is 1. The Morgan fingerprint density at radius 3 is 2.65 bits per heavy atom. The van der Waals surface area contributed by atoms with Gasteiger partial charge in [0.15, 0.2) is 5.82 Å². The highest BCUT2D eigenvalue weighted by Gasteiger charge is 2.42. The van der Waals surface area contributed by atoms with Gasteiger partial charge in [-0.05, 0) is 85.0 Å². The van der Waals surface area contributed by atoms with Gasteiger partial charge in [-0.2, -0.15) is 0 Å². The van der Waals surface area contributed by atoms with Crippen molar-refractivity contribution < 1.29 is 4.39 Å². The zero-order valence-electron chi connectivity index (χ0n) is 19.3. The normalized spacial score (nSPS) is 25.6. The maximum atomic E-state index is 15.1. The summed E-state index contributed by atoms with van der Waals surface area (Å²) in [6, 6.07) is 10.1. The number of rotatable bonds is 5. The van der Waals surface area contributed by atoms with E-state index in [1.807, 2.05) is 6.07 Å². The van der Waals surface area contributed by atoms with Gasteiger partial charge in [0.05, 0.1) is 11.0 Å². The van der Waals surface area contributed by atoms with E-state index in [0.717, 1.165) is 53.1 Å². The first-order chi connectivity index (χ1) is 14.9. The minimum absolute atomic E-state index is 0.245. The van der Waals surface area contributed by atoms with Crippen LogP contribution in [-0.4, -0.2) is 9.97 Å². The number of halogens is 1. The zero-order valence-corrected chi connectivity index (χ0v) is 19.3. The van der Waals surface area contributed by atoms with Crippen molar-refractivity contribution in [3.63, 3.8) is 0 Å². The maximum Gasteiger partial charge on any atom is 0.151 e. The molecule has 0 radical (unpaired) electrons. The van der Waals surface area contributed by atoms with Gasteiger partial charge in [0.2, 0.25) is 0 Å². The molecule has 0 amide bonds. The van der Waals surface area contributed by atoms with Crippen molar-refractivity contribution in [2.24, 2.45) is 23.7 Å². The monoisotopic (exact) mass is 418 g/mol. The molecular weight excluding hydrogens is 383 g/mol. The number of nitrogens with zero attached hydrogens (tertiary/aromatic N) is 1. The van der Waals surface area contributed by atoms with Crippen LogP contribution in [0.15, 0.2) is 30.3 Å². The Balaban J connectivity index is 1.44. The van der Waals surface area contributed by atoms with Crippen LogP contribution in [0.3, 0.4) is 0 Å². The number of benzene rings is 1. The molecule has 0 saturated heterocycles. The van der Waals surface area contributed by atoms with Crippen LogP contribution in [0.5, 0.6) is 0 Å². The molecule has 164 valence electrons. The number of nitrogens with one attached hydrogen (secondary N) is 1. The summed E-state index contributed by atoms with van der Waals surface area (Å²) in [4.78, 5) is 8.24. The molecule has 4 atom stereocenters. The molecule has 3 heteroatoms. The van der Waals surface area contributed by atoms with Gasteiger partial charge in [0, 0.05) is 17.3 Å². The maximum absolute atomic E-state index is 15.1. The fourth-order valence-corrected chi connectivity index (χ4v) is 6.57. The predicted molar refractivity (Wildman–Crippen MR) is 127 cm³/mol. The number of fused-ring (bicyclic) bond motifs is 2. The van der Waals surface area contributed by atoms with Crippen molar-refractivity contribution in [2.75, 3.05) is 0 Å². The van der Waals surface area contributed by atoms with Crippen LogP contribution in [0, 0.1) is 29.5 Å². The van der Waals surface area contributed by atoms with E-state index >= 15 is 4.39 Å². The van der Waals surface area contributed by atoms with Gasteiger partial charge < -0.3 is 4.98 Å². The third kappa shape index (κ3) is 3.70. The lowest BCUT2D eigenvalue weighted by molar-refractivity contribution is 0.322. The Kier molecular flexibility index (Phi) is 5.40. The van der Waals surface area contributed by atoms with E-state index < -0.39 is 0 Å². The molecule has 0 spiro atoms. The number of H-pyrrole nitrogens is 1. The largest absolute Gasteiger partial charge is 0.357 e. The van der Waals surface area contributed by atoms with Crippen LogP contribution in [0.1, 0.15) is 76.1 Å². The molecule has 4 unspecified atom stereocenters. The van der Waals surface area contributed by atoms with Crippen LogP contribution in [0.25, 0.3) is 22.3 Å². The summed E-state index contributed by atoms with van der Waals surface area (Å²) in [5.74, 6) is 3.70. The Morgan fingerprint density at radius 2 is 1.87 bits per heavy atom. The second-order valence-electron chi connectivity index (χ2n) is 10.4. The van der Waals surface area contributed by atoms with E-state index in [9.17, 15) is 0 Å². The number of aromatic amines is 1. The summed E-state index contributed by atoms with van der Waals surface area (Å²) in [6.45, 7) is 9.01. The summed E-state index contributed by atoms with van der Waals surface area (Å²) >= 11 is 0. The summed E-state index contributed by atoms with van der Waals surface area (Å²) in [7, 11) is 0. The minimum Gasteiger partial charge on any atom is -0.357 e. The van der Waals surface area contributed by atoms with Crippen molar-refractivity contribution in [1.29, 1.82) is 0 Å². The van der Waals surface area contributed by atoms with Crippen molar-refractivity contribution in [2.45, 2.75) is 72.1 Å². The quantitative estimate of drug-likeness (QED) is 0.452. The Labute approximate surface area is 185 Å². The highest BCUT2D eigenvalue weighted by atomic mass is 19.1. The molecule has 3 aromatic rings. The summed E-state index contributed by atoms with van der Waals surface area (Å²) in [6.07, 6.45) is 7.53. The topological polar surface area (TPSA) is 28.7 Å². The van der Waals surface area contributed by atoms with E-state index in [1.165, 1.54) is 42.5 Å². The number of pyridine rings is 1. The molecule has 1 N–H and O–H groups in total. The van der Waals surface area contributed by atoms with Crippen LogP contribution >= 0.6 is 0 Å². The van der Waals surface area contributed by atoms with E-state index in [0.29, 0.717) is 11.6 Å². The highest BCUT2D eigenvalue weighted by molar-refractivity contribution is 5.80. The third-order valence-electron chi connectivity index (χ3n) is 8.23. The SMILES string of the molecule is CCc1cc(-c2nc3cc(CC4CCC5C(C)CCC45)[nH]c3cc2F)ccc1C(C)C. The average Bonchev–Trinajstić information content (AvgIpc) is 3.43. The molecule has 2 aromatic heterocycles. The fraction of sp³-hybridized carbons (Fsp3) is 0.536. The smallest absolute Gasteiger partial charge is 0.151 e. The van der Waals surface area contributed by atoms with Gasteiger partial charge in [0.1, 0.15) is 5.69 Å².